The van der Waals surface area contributed by atoms with E-state index in [0.29, 0.717) is 0 Å². The predicted octanol–water partition coefficient (Wildman–Crippen LogP) is 1.69. The Morgan fingerprint density at radius 2 is 2.38 bits per heavy atom. The van der Waals surface area contributed by atoms with Crippen LogP contribution in [0.4, 0.5) is 0 Å². The van der Waals surface area contributed by atoms with E-state index in [2.05, 4.69) is 30.3 Å². The second-order valence-corrected chi connectivity index (χ2v) is 3.27. The number of nitrogens with two attached hydrogens (primary N) is 1. The number of nitrogens with zero attached hydrogens (tertiary/aromatic N) is 1. The van der Waals surface area contributed by atoms with Crippen LogP contribution in [0, 0.1) is 6.92 Å². The summed E-state index contributed by atoms with van der Waals surface area (Å²) in [7, 11) is 0. The Labute approximate surface area is 79.3 Å². The summed E-state index contributed by atoms with van der Waals surface area (Å²) in [4.78, 5) is 4.29. The maximum Gasteiger partial charge on any atom is 0.0632 e. The molecule has 13 heavy (non-hydrogen) atoms. The summed E-state index contributed by atoms with van der Waals surface area (Å²) in [5.41, 5.74) is 5.04. The molecule has 1 aromatic rings. The first-order chi connectivity index (χ1) is 6.27. The van der Waals surface area contributed by atoms with Gasteiger partial charge in [0.15, 0.2) is 0 Å². The van der Waals surface area contributed by atoms with Gasteiger partial charge in [-0.15, -0.1) is 0 Å². The van der Waals surface area contributed by atoms with E-state index in [1.54, 1.807) is 0 Å². The van der Waals surface area contributed by atoms with Gasteiger partial charge in [0.1, 0.15) is 0 Å². The van der Waals surface area contributed by atoms with Crippen LogP contribution in [0.2, 0.25) is 0 Å². The minimum atomic E-state index is 0.185. The lowest BCUT2D eigenvalue weighted by molar-refractivity contribution is 0.498. The number of aromatic nitrogens is 1. The van der Waals surface area contributed by atoms with Gasteiger partial charge in [0.25, 0.3) is 0 Å². The molecule has 72 valence electrons. The highest BCUT2D eigenvalue weighted by Gasteiger charge is 2.08. The van der Waals surface area contributed by atoms with Crippen LogP contribution in [0.3, 0.4) is 0 Å². The highest BCUT2D eigenvalue weighted by Crippen LogP contribution is 2.15. The summed E-state index contributed by atoms with van der Waals surface area (Å²) in [6.45, 7) is 4.20. The molecular formula is C10H17N3. The van der Waals surface area contributed by atoms with Gasteiger partial charge in [0.05, 0.1) is 11.7 Å². The molecule has 0 aliphatic carbocycles. The third kappa shape index (κ3) is 2.79. The van der Waals surface area contributed by atoms with Crippen LogP contribution in [0.15, 0.2) is 18.3 Å². The zero-order valence-electron chi connectivity index (χ0n) is 8.25. The van der Waals surface area contributed by atoms with Crippen molar-refractivity contribution in [2.75, 3.05) is 0 Å². The highest BCUT2D eigenvalue weighted by molar-refractivity contribution is 5.17. The van der Waals surface area contributed by atoms with Crippen LogP contribution >= 0.6 is 0 Å². The van der Waals surface area contributed by atoms with E-state index in [1.165, 1.54) is 5.56 Å². The van der Waals surface area contributed by atoms with Gasteiger partial charge in [-0.3, -0.25) is 16.3 Å². The maximum absolute atomic E-state index is 5.45. The smallest absolute Gasteiger partial charge is 0.0632 e. The standard InChI is InChI=1S/C10H17N3/c1-3-4-9(13-11)10-7-8(2)5-6-12-10/h5-7,9,13H,3-4,11H2,1-2H3. The van der Waals surface area contributed by atoms with Crippen LogP contribution in [0.5, 0.6) is 0 Å². The first-order valence-electron chi connectivity index (χ1n) is 4.66. The lowest BCUT2D eigenvalue weighted by atomic mass is 10.1. The van der Waals surface area contributed by atoms with Gasteiger partial charge in [-0.1, -0.05) is 13.3 Å². The number of hydrazine groups is 1. The Bertz CT molecular complexity index is 260. The summed E-state index contributed by atoms with van der Waals surface area (Å²) < 4.78 is 0. The first kappa shape index (κ1) is 10.2. The van der Waals surface area contributed by atoms with Gasteiger partial charge in [0.2, 0.25) is 0 Å². The van der Waals surface area contributed by atoms with Crippen molar-refractivity contribution in [3.05, 3.63) is 29.6 Å². The van der Waals surface area contributed by atoms with Crippen molar-refractivity contribution in [1.82, 2.24) is 10.4 Å². The molecule has 0 fully saturated rings. The molecule has 0 radical (unpaired) electrons. The minimum absolute atomic E-state index is 0.185. The van der Waals surface area contributed by atoms with Crippen molar-refractivity contribution < 1.29 is 0 Å². The molecule has 1 heterocycles. The SMILES string of the molecule is CCCC(NN)c1cc(C)ccn1. The van der Waals surface area contributed by atoms with Crippen molar-refractivity contribution in [3.63, 3.8) is 0 Å². The summed E-state index contributed by atoms with van der Waals surface area (Å²) in [5.74, 6) is 5.45. The molecule has 1 unspecified atom stereocenters. The van der Waals surface area contributed by atoms with Crippen molar-refractivity contribution in [2.45, 2.75) is 32.7 Å². The number of pyridine rings is 1. The Morgan fingerprint density at radius 1 is 1.62 bits per heavy atom. The van der Waals surface area contributed by atoms with E-state index in [1.807, 2.05) is 12.3 Å². The molecule has 0 aliphatic rings. The van der Waals surface area contributed by atoms with E-state index >= 15 is 0 Å². The Kier molecular flexibility index (Phi) is 3.86. The van der Waals surface area contributed by atoms with Crippen LogP contribution in [0.25, 0.3) is 0 Å². The van der Waals surface area contributed by atoms with Crippen molar-refractivity contribution in [3.8, 4) is 0 Å². The second-order valence-electron chi connectivity index (χ2n) is 3.27. The zero-order valence-corrected chi connectivity index (χ0v) is 8.25. The van der Waals surface area contributed by atoms with E-state index in [0.717, 1.165) is 18.5 Å². The summed E-state index contributed by atoms with van der Waals surface area (Å²) in [5, 5.41) is 0. The van der Waals surface area contributed by atoms with Crippen molar-refractivity contribution in [1.29, 1.82) is 0 Å². The molecule has 0 bridgehead atoms. The topological polar surface area (TPSA) is 50.9 Å². The lowest BCUT2D eigenvalue weighted by Gasteiger charge is -2.14. The van der Waals surface area contributed by atoms with Crippen LogP contribution in [0.1, 0.15) is 37.1 Å². The Hall–Kier alpha value is -0.930. The Balaban J connectivity index is 2.78. The van der Waals surface area contributed by atoms with E-state index in [9.17, 15) is 0 Å². The number of nitrogens with one attached hydrogen (secondary N) is 1. The number of hydrogen-bond donors (Lipinski definition) is 2. The highest BCUT2D eigenvalue weighted by atomic mass is 15.2. The molecule has 0 spiro atoms. The minimum Gasteiger partial charge on any atom is -0.271 e. The van der Waals surface area contributed by atoms with Crippen LogP contribution in [-0.2, 0) is 0 Å². The molecule has 3 N–H and O–H groups in total. The number of aryl methyl sites for hydroxylation is 1. The van der Waals surface area contributed by atoms with E-state index in [-0.39, 0.29) is 6.04 Å². The molecule has 0 amide bonds. The zero-order chi connectivity index (χ0) is 9.68. The molecule has 1 rings (SSSR count). The largest absolute Gasteiger partial charge is 0.271 e. The third-order valence-corrected chi connectivity index (χ3v) is 2.07. The molecule has 1 atom stereocenters. The third-order valence-electron chi connectivity index (χ3n) is 2.07. The quantitative estimate of drug-likeness (QED) is 0.546. The summed E-state index contributed by atoms with van der Waals surface area (Å²) in [6.07, 6.45) is 3.95. The normalized spacial score (nSPS) is 12.8. The van der Waals surface area contributed by atoms with Crippen molar-refractivity contribution in [2.24, 2.45) is 5.84 Å². The Morgan fingerprint density at radius 3 is 2.92 bits per heavy atom. The van der Waals surface area contributed by atoms with Gasteiger partial charge < -0.3 is 0 Å². The van der Waals surface area contributed by atoms with Gasteiger partial charge in [0, 0.05) is 6.20 Å². The summed E-state index contributed by atoms with van der Waals surface area (Å²) in [6, 6.07) is 4.24. The van der Waals surface area contributed by atoms with E-state index < -0.39 is 0 Å². The van der Waals surface area contributed by atoms with Gasteiger partial charge in [-0.05, 0) is 31.0 Å². The molecule has 0 saturated carbocycles. The second kappa shape index (κ2) is 4.94. The van der Waals surface area contributed by atoms with E-state index in [4.69, 9.17) is 5.84 Å². The monoisotopic (exact) mass is 179 g/mol. The molecular weight excluding hydrogens is 162 g/mol. The number of rotatable bonds is 4. The first-order valence-corrected chi connectivity index (χ1v) is 4.66. The van der Waals surface area contributed by atoms with Crippen LogP contribution in [-0.4, -0.2) is 4.98 Å². The lowest BCUT2D eigenvalue weighted by Crippen LogP contribution is -2.28. The fourth-order valence-electron chi connectivity index (χ4n) is 1.36. The van der Waals surface area contributed by atoms with Gasteiger partial charge >= 0.3 is 0 Å². The van der Waals surface area contributed by atoms with Crippen LogP contribution < -0.4 is 11.3 Å². The number of hydrogen-bond acceptors (Lipinski definition) is 3. The van der Waals surface area contributed by atoms with Crippen molar-refractivity contribution >= 4 is 0 Å². The predicted molar refractivity (Wildman–Crippen MR) is 53.9 cm³/mol. The average Bonchev–Trinajstić information content (AvgIpc) is 2.14. The molecule has 0 aliphatic heterocycles. The molecule has 0 aromatic carbocycles. The van der Waals surface area contributed by atoms with Gasteiger partial charge in [-0.2, -0.15) is 0 Å². The fraction of sp³-hybridized carbons (Fsp3) is 0.500. The fourth-order valence-corrected chi connectivity index (χ4v) is 1.36. The summed E-state index contributed by atoms with van der Waals surface area (Å²) >= 11 is 0. The molecule has 3 nitrogen and oxygen atoms in total. The molecule has 0 saturated heterocycles. The molecule has 3 heteroatoms. The maximum atomic E-state index is 5.45. The molecule has 1 aromatic heterocycles. The van der Waals surface area contributed by atoms with Gasteiger partial charge in [-0.25, -0.2) is 0 Å². The average molecular weight is 179 g/mol.